The van der Waals surface area contributed by atoms with Crippen molar-refractivity contribution in [2.24, 2.45) is 5.92 Å². The SMILES string of the molecule is CCC(=O)CC1C=CCC1. The molecule has 1 aliphatic carbocycles. The van der Waals surface area contributed by atoms with Crippen LogP contribution in [0.5, 0.6) is 0 Å². The Kier molecular flexibility index (Phi) is 2.67. The molecule has 10 heavy (non-hydrogen) atoms. The van der Waals surface area contributed by atoms with Crippen LogP contribution in [-0.2, 0) is 4.79 Å². The largest absolute Gasteiger partial charge is 0.300 e. The van der Waals surface area contributed by atoms with Gasteiger partial charge in [0.05, 0.1) is 0 Å². The van der Waals surface area contributed by atoms with Crippen LogP contribution in [0.3, 0.4) is 0 Å². The van der Waals surface area contributed by atoms with Gasteiger partial charge in [0.2, 0.25) is 0 Å². The van der Waals surface area contributed by atoms with Crippen molar-refractivity contribution in [3.8, 4) is 0 Å². The van der Waals surface area contributed by atoms with E-state index in [0.29, 0.717) is 18.1 Å². The van der Waals surface area contributed by atoms with Crippen molar-refractivity contribution < 1.29 is 4.79 Å². The van der Waals surface area contributed by atoms with E-state index in [1.54, 1.807) is 0 Å². The van der Waals surface area contributed by atoms with Gasteiger partial charge in [-0.1, -0.05) is 19.1 Å². The maximum atomic E-state index is 10.9. The van der Waals surface area contributed by atoms with Gasteiger partial charge in [0.15, 0.2) is 0 Å². The Hall–Kier alpha value is -0.590. The predicted molar refractivity (Wildman–Crippen MR) is 41.8 cm³/mol. The predicted octanol–water partition coefficient (Wildman–Crippen LogP) is 2.32. The second-order valence-corrected chi connectivity index (χ2v) is 2.86. The molecule has 0 fully saturated rings. The van der Waals surface area contributed by atoms with E-state index in [2.05, 4.69) is 12.2 Å². The Morgan fingerprint density at radius 1 is 1.70 bits per heavy atom. The fourth-order valence-electron chi connectivity index (χ4n) is 1.30. The zero-order chi connectivity index (χ0) is 7.40. The molecule has 0 saturated carbocycles. The van der Waals surface area contributed by atoms with Gasteiger partial charge in [-0.05, 0) is 18.8 Å². The molecule has 1 aliphatic rings. The van der Waals surface area contributed by atoms with Gasteiger partial charge in [-0.15, -0.1) is 0 Å². The molecule has 1 unspecified atom stereocenters. The smallest absolute Gasteiger partial charge is 0.133 e. The highest BCUT2D eigenvalue weighted by molar-refractivity contribution is 5.78. The van der Waals surface area contributed by atoms with Gasteiger partial charge in [-0.2, -0.15) is 0 Å². The van der Waals surface area contributed by atoms with Crippen molar-refractivity contribution in [2.45, 2.75) is 32.6 Å². The molecule has 1 nitrogen and oxygen atoms in total. The number of Topliss-reactive ketones (excluding diaryl/α,β-unsaturated/α-hetero) is 1. The van der Waals surface area contributed by atoms with Crippen LogP contribution in [-0.4, -0.2) is 5.78 Å². The molecule has 56 valence electrons. The maximum absolute atomic E-state index is 10.9. The summed E-state index contributed by atoms with van der Waals surface area (Å²) in [7, 11) is 0. The van der Waals surface area contributed by atoms with Gasteiger partial charge in [-0.3, -0.25) is 4.79 Å². The van der Waals surface area contributed by atoms with Crippen molar-refractivity contribution >= 4 is 5.78 Å². The van der Waals surface area contributed by atoms with Gasteiger partial charge < -0.3 is 0 Å². The highest BCUT2D eigenvalue weighted by Gasteiger charge is 2.11. The molecule has 0 heterocycles. The molecule has 0 N–H and O–H groups in total. The van der Waals surface area contributed by atoms with Crippen LogP contribution in [0.15, 0.2) is 12.2 Å². The van der Waals surface area contributed by atoms with Crippen LogP contribution in [0.4, 0.5) is 0 Å². The number of allylic oxidation sites excluding steroid dienone is 2. The number of hydrogen-bond donors (Lipinski definition) is 0. The Balaban J connectivity index is 2.24. The minimum Gasteiger partial charge on any atom is -0.300 e. The summed E-state index contributed by atoms with van der Waals surface area (Å²) < 4.78 is 0. The lowest BCUT2D eigenvalue weighted by atomic mass is 10.0. The summed E-state index contributed by atoms with van der Waals surface area (Å²) in [6.45, 7) is 1.93. The van der Waals surface area contributed by atoms with E-state index in [4.69, 9.17) is 0 Å². The summed E-state index contributed by atoms with van der Waals surface area (Å²) >= 11 is 0. The normalized spacial score (nSPS) is 23.5. The first-order valence-corrected chi connectivity index (χ1v) is 4.01. The van der Waals surface area contributed by atoms with E-state index >= 15 is 0 Å². The van der Waals surface area contributed by atoms with Crippen molar-refractivity contribution in [2.75, 3.05) is 0 Å². The number of rotatable bonds is 3. The summed E-state index contributed by atoms with van der Waals surface area (Å²) in [4.78, 5) is 10.9. The fourth-order valence-corrected chi connectivity index (χ4v) is 1.30. The summed E-state index contributed by atoms with van der Waals surface area (Å²) in [5.74, 6) is 0.962. The van der Waals surface area contributed by atoms with Crippen LogP contribution in [0.25, 0.3) is 0 Å². The Morgan fingerprint density at radius 2 is 2.50 bits per heavy atom. The average molecular weight is 138 g/mol. The molecule has 0 aromatic carbocycles. The van der Waals surface area contributed by atoms with Crippen LogP contribution in [0, 0.1) is 5.92 Å². The number of carbonyl (C=O) groups excluding carboxylic acids is 1. The Bertz CT molecular complexity index is 147. The monoisotopic (exact) mass is 138 g/mol. The molecule has 0 saturated heterocycles. The van der Waals surface area contributed by atoms with Crippen LogP contribution in [0.1, 0.15) is 32.6 Å². The van der Waals surface area contributed by atoms with E-state index in [9.17, 15) is 4.79 Å². The minimum absolute atomic E-state index is 0.400. The van der Waals surface area contributed by atoms with Crippen LogP contribution < -0.4 is 0 Å². The molecule has 0 amide bonds. The molecule has 0 bridgehead atoms. The van der Waals surface area contributed by atoms with Crippen LogP contribution in [0.2, 0.25) is 0 Å². The number of hydrogen-bond acceptors (Lipinski definition) is 1. The molecular formula is C9H14O. The summed E-state index contributed by atoms with van der Waals surface area (Å²) in [6.07, 6.45) is 8.17. The molecule has 1 atom stereocenters. The lowest BCUT2D eigenvalue weighted by Crippen LogP contribution is -2.02. The first-order chi connectivity index (χ1) is 4.83. The average Bonchev–Trinajstić information content (AvgIpc) is 2.40. The molecular weight excluding hydrogens is 124 g/mol. The minimum atomic E-state index is 0.400. The van der Waals surface area contributed by atoms with E-state index in [-0.39, 0.29) is 0 Å². The van der Waals surface area contributed by atoms with Crippen molar-refractivity contribution in [1.29, 1.82) is 0 Å². The maximum Gasteiger partial charge on any atom is 0.133 e. The second kappa shape index (κ2) is 3.55. The standard InChI is InChI=1S/C9H14O/c1-2-9(10)7-8-5-3-4-6-8/h3,5,8H,2,4,6-7H2,1H3. The summed E-state index contributed by atoms with van der Waals surface area (Å²) in [5, 5.41) is 0. The Morgan fingerprint density at radius 3 is 3.00 bits per heavy atom. The number of ketones is 1. The highest BCUT2D eigenvalue weighted by Crippen LogP contribution is 2.20. The van der Waals surface area contributed by atoms with Crippen molar-refractivity contribution in [3.63, 3.8) is 0 Å². The lowest BCUT2D eigenvalue weighted by molar-refractivity contribution is -0.119. The zero-order valence-electron chi connectivity index (χ0n) is 6.47. The van der Waals surface area contributed by atoms with Crippen LogP contribution >= 0.6 is 0 Å². The quantitative estimate of drug-likeness (QED) is 0.547. The van der Waals surface area contributed by atoms with Gasteiger partial charge in [0.25, 0.3) is 0 Å². The highest BCUT2D eigenvalue weighted by atomic mass is 16.1. The van der Waals surface area contributed by atoms with Gasteiger partial charge >= 0.3 is 0 Å². The molecule has 0 aliphatic heterocycles. The van der Waals surface area contributed by atoms with E-state index < -0.39 is 0 Å². The summed E-state index contributed by atoms with van der Waals surface area (Å²) in [5.41, 5.74) is 0. The third-order valence-electron chi connectivity index (χ3n) is 2.00. The lowest BCUT2D eigenvalue weighted by Gasteiger charge is -2.03. The zero-order valence-corrected chi connectivity index (χ0v) is 6.47. The third kappa shape index (κ3) is 1.98. The summed E-state index contributed by atoms with van der Waals surface area (Å²) in [6, 6.07) is 0. The van der Waals surface area contributed by atoms with Crippen molar-refractivity contribution in [1.82, 2.24) is 0 Å². The fraction of sp³-hybridized carbons (Fsp3) is 0.667. The topological polar surface area (TPSA) is 17.1 Å². The third-order valence-corrected chi connectivity index (χ3v) is 2.00. The second-order valence-electron chi connectivity index (χ2n) is 2.86. The van der Waals surface area contributed by atoms with Gasteiger partial charge in [-0.25, -0.2) is 0 Å². The molecule has 0 aromatic rings. The van der Waals surface area contributed by atoms with E-state index in [1.165, 1.54) is 12.8 Å². The van der Waals surface area contributed by atoms with Crippen molar-refractivity contribution in [3.05, 3.63) is 12.2 Å². The Labute approximate surface area is 62.1 Å². The van der Waals surface area contributed by atoms with Gasteiger partial charge in [0.1, 0.15) is 5.78 Å². The van der Waals surface area contributed by atoms with E-state index in [0.717, 1.165) is 6.42 Å². The molecule has 1 rings (SSSR count). The first-order valence-electron chi connectivity index (χ1n) is 4.01. The van der Waals surface area contributed by atoms with Gasteiger partial charge in [0, 0.05) is 12.8 Å². The first kappa shape index (κ1) is 7.52. The van der Waals surface area contributed by atoms with E-state index in [1.807, 2.05) is 6.92 Å². The molecule has 1 heteroatoms. The molecule has 0 spiro atoms. The number of carbonyl (C=O) groups is 1. The molecule has 0 radical (unpaired) electrons. The molecule has 0 aromatic heterocycles.